The third-order valence-electron chi connectivity index (χ3n) is 5.34. The van der Waals surface area contributed by atoms with Crippen LogP contribution in [0, 0.1) is 11.8 Å². The minimum atomic E-state index is -2.99. The second-order valence-electron chi connectivity index (χ2n) is 6.75. The molecule has 2 unspecified atom stereocenters. The summed E-state index contributed by atoms with van der Waals surface area (Å²) in [4.78, 5) is 6.75. The van der Waals surface area contributed by atoms with Crippen LogP contribution in [0.15, 0.2) is 4.99 Å². The van der Waals surface area contributed by atoms with E-state index < -0.39 is 10.0 Å². The number of nitrogens with zero attached hydrogens (tertiary/aromatic N) is 3. The van der Waals surface area contributed by atoms with E-state index >= 15 is 0 Å². The van der Waals surface area contributed by atoms with E-state index in [4.69, 9.17) is 0 Å². The lowest BCUT2D eigenvalue weighted by Gasteiger charge is -2.23. The van der Waals surface area contributed by atoms with Crippen molar-refractivity contribution < 1.29 is 8.42 Å². The summed E-state index contributed by atoms with van der Waals surface area (Å²) in [6.07, 6.45) is 6.20. The van der Waals surface area contributed by atoms with E-state index in [0.29, 0.717) is 25.4 Å². The van der Waals surface area contributed by atoms with Gasteiger partial charge in [0.1, 0.15) is 0 Å². The first-order valence-corrected chi connectivity index (χ1v) is 10.1. The van der Waals surface area contributed by atoms with Crippen LogP contribution in [0.2, 0.25) is 0 Å². The monoisotopic (exact) mass is 456 g/mol. The number of sulfonamides is 1. The predicted molar refractivity (Wildman–Crippen MR) is 104 cm³/mol. The summed E-state index contributed by atoms with van der Waals surface area (Å²) in [5.41, 5.74) is 0. The smallest absolute Gasteiger partial charge is 0.214 e. The van der Waals surface area contributed by atoms with Crippen molar-refractivity contribution in [3.63, 3.8) is 0 Å². The third-order valence-corrected chi connectivity index (χ3v) is 7.29. The molecule has 6 nitrogen and oxygen atoms in total. The second kappa shape index (κ2) is 8.33. The Morgan fingerprint density at radius 1 is 1.17 bits per heavy atom. The summed E-state index contributed by atoms with van der Waals surface area (Å²) in [5.74, 6) is 2.89. The van der Waals surface area contributed by atoms with Crippen molar-refractivity contribution in [2.24, 2.45) is 16.8 Å². The van der Waals surface area contributed by atoms with Gasteiger partial charge >= 0.3 is 0 Å². The molecule has 23 heavy (non-hydrogen) atoms. The van der Waals surface area contributed by atoms with Gasteiger partial charge < -0.3 is 10.2 Å². The molecule has 0 radical (unpaired) electrons. The molecule has 0 aromatic heterocycles. The lowest BCUT2D eigenvalue weighted by atomic mass is 9.82. The summed E-state index contributed by atoms with van der Waals surface area (Å²) in [7, 11) is -1.17. The maximum atomic E-state index is 11.8. The van der Waals surface area contributed by atoms with Gasteiger partial charge in [-0.2, -0.15) is 0 Å². The Morgan fingerprint density at radius 2 is 1.83 bits per heavy atom. The number of guanidine groups is 1. The summed E-state index contributed by atoms with van der Waals surface area (Å²) in [6, 6.07) is 0. The van der Waals surface area contributed by atoms with Crippen molar-refractivity contribution in [2.75, 3.05) is 45.5 Å². The highest BCUT2D eigenvalue weighted by atomic mass is 127. The lowest BCUT2D eigenvalue weighted by molar-refractivity contribution is 0.299. The standard InChI is InChI=1S/C15H28N4O2S.HI/c1-16-15(17-7-9-19-8-4-10-22(19,20)21)18-11-13-5-2-3-6-14(13)12-18;/h13-14H,2-12H2,1H3,(H,16,17);1H. The van der Waals surface area contributed by atoms with E-state index in [1.165, 1.54) is 25.7 Å². The van der Waals surface area contributed by atoms with Crippen molar-refractivity contribution in [1.29, 1.82) is 0 Å². The zero-order valence-corrected chi connectivity index (χ0v) is 17.1. The second-order valence-corrected chi connectivity index (χ2v) is 8.84. The molecule has 2 heterocycles. The van der Waals surface area contributed by atoms with Gasteiger partial charge in [0, 0.05) is 39.8 Å². The quantitative estimate of drug-likeness (QED) is 0.396. The lowest BCUT2D eigenvalue weighted by Crippen LogP contribution is -2.43. The molecule has 3 aliphatic rings. The largest absolute Gasteiger partial charge is 0.355 e. The van der Waals surface area contributed by atoms with Gasteiger partial charge in [-0.25, -0.2) is 12.7 Å². The number of fused-ring (bicyclic) bond motifs is 1. The predicted octanol–water partition coefficient (Wildman–Crippen LogP) is 1.34. The van der Waals surface area contributed by atoms with Gasteiger partial charge in [0.25, 0.3) is 0 Å². The fourth-order valence-corrected chi connectivity index (χ4v) is 5.67. The van der Waals surface area contributed by atoms with E-state index in [1.807, 2.05) is 7.05 Å². The molecule has 134 valence electrons. The molecule has 0 spiro atoms. The van der Waals surface area contributed by atoms with Crippen molar-refractivity contribution in [2.45, 2.75) is 32.1 Å². The molecule has 3 fully saturated rings. The van der Waals surface area contributed by atoms with Crippen LogP contribution in [0.1, 0.15) is 32.1 Å². The number of hydrogen-bond donors (Lipinski definition) is 1. The van der Waals surface area contributed by atoms with Gasteiger partial charge in [0.15, 0.2) is 5.96 Å². The van der Waals surface area contributed by atoms with Crippen molar-refractivity contribution >= 4 is 40.0 Å². The van der Waals surface area contributed by atoms with E-state index in [1.54, 1.807) is 4.31 Å². The molecule has 0 aromatic rings. The van der Waals surface area contributed by atoms with Crippen LogP contribution >= 0.6 is 24.0 Å². The van der Waals surface area contributed by atoms with Crippen LogP contribution in [0.3, 0.4) is 0 Å². The van der Waals surface area contributed by atoms with E-state index in [2.05, 4.69) is 15.2 Å². The number of rotatable bonds is 3. The Balaban J connectivity index is 0.00000192. The molecule has 1 saturated carbocycles. The topological polar surface area (TPSA) is 65.0 Å². The van der Waals surface area contributed by atoms with E-state index in [9.17, 15) is 8.42 Å². The molecule has 0 aromatic carbocycles. The number of halogens is 1. The zero-order valence-electron chi connectivity index (χ0n) is 13.9. The summed E-state index contributed by atoms with van der Waals surface area (Å²) >= 11 is 0. The average molecular weight is 456 g/mol. The van der Waals surface area contributed by atoms with E-state index in [0.717, 1.165) is 37.3 Å². The van der Waals surface area contributed by atoms with Crippen molar-refractivity contribution in [3.8, 4) is 0 Å². The highest BCUT2D eigenvalue weighted by Crippen LogP contribution is 2.35. The fraction of sp³-hybridized carbons (Fsp3) is 0.933. The van der Waals surface area contributed by atoms with Gasteiger partial charge in [-0.15, -0.1) is 24.0 Å². The SMILES string of the molecule is CN=C(NCCN1CCCS1(=O)=O)N1CC2CCCCC2C1.I. The van der Waals surface area contributed by atoms with Gasteiger partial charge in [-0.1, -0.05) is 12.8 Å². The Morgan fingerprint density at radius 3 is 2.35 bits per heavy atom. The molecule has 0 amide bonds. The average Bonchev–Trinajstić information content (AvgIpc) is 3.06. The van der Waals surface area contributed by atoms with Crippen LogP contribution in [0.5, 0.6) is 0 Å². The zero-order chi connectivity index (χ0) is 15.6. The molecule has 2 atom stereocenters. The maximum absolute atomic E-state index is 11.8. The number of hydrogen-bond acceptors (Lipinski definition) is 3. The van der Waals surface area contributed by atoms with Gasteiger partial charge in [-0.3, -0.25) is 4.99 Å². The number of nitrogens with one attached hydrogen (secondary N) is 1. The molecule has 2 saturated heterocycles. The van der Waals surface area contributed by atoms with Crippen LogP contribution in [0.25, 0.3) is 0 Å². The summed E-state index contributed by atoms with van der Waals surface area (Å²) in [5, 5.41) is 3.36. The molecule has 1 aliphatic carbocycles. The van der Waals surface area contributed by atoms with Crippen LogP contribution in [-0.2, 0) is 10.0 Å². The molecule has 3 rings (SSSR count). The molecular formula is C15H29IN4O2S. The first kappa shape index (κ1) is 19.2. The van der Waals surface area contributed by atoms with E-state index in [-0.39, 0.29) is 24.0 Å². The minimum absolute atomic E-state index is 0. The Kier molecular flexibility index (Phi) is 6.97. The van der Waals surface area contributed by atoms with Crippen LogP contribution < -0.4 is 5.32 Å². The van der Waals surface area contributed by atoms with Crippen LogP contribution in [0.4, 0.5) is 0 Å². The summed E-state index contributed by atoms with van der Waals surface area (Å²) < 4.78 is 25.2. The molecule has 2 aliphatic heterocycles. The third kappa shape index (κ3) is 4.50. The molecular weight excluding hydrogens is 427 g/mol. The Hall–Kier alpha value is -0.0900. The molecule has 8 heteroatoms. The first-order valence-electron chi connectivity index (χ1n) is 8.53. The normalized spacial score (nSPS) is 30.8. The van der Waals surface area contributed by atoms with Crippen molar-refractivity contribution in [3.05, 3.63) is 0 Å². The van der Waals surface area contributed by atoms with Crippen LogP contribution in [-0.4, -0.2) is 69.1 Å². The fourth-order valence-electron chi connectivity index (χ4n) is 4.15. The number of aliphatic imine (C=N–C) groups is 1. The Bertz CT molecular complexity index is 512. The van der Waals surface area contributed by atoms with Crippen molar-refractivity contribution in [1.82, 2.24) is 14.5 Å². The highest BCUT2D eigenvalue weighted by molar-refractivity contribution is 14.0. The van der Waals surface area contributed by atoms with Gasteiger partial charge in [-0.05, 0) is 31.1 Å². The molecule has 1 N–H and O–H groups in total. The van der Waals surface area contributed by atoms with Gasteiger partial charge in [0.2, 0.25) is 10.0 Å². The van der Waals surface area contributed by atoms with Gasteiger partial charge in [0.05, 0.1) is 5.75 Å². The maximum Gasteiger partial charge on any atom is 0.214 e. The minimum Gasteiger partial charge on any atom is -0.355 e. The first-order chi connectivity index (χ1) is 10.6. The molecule has 0 bridgehead atoms. The number of likely N-dealkylation sites (tertiary alicyclic amines) is 1. The Labute approximate surface area is 157 Å². The summed E-state index contributed by atoms with van der Waals surface area (Å²) in [6.45, 7) is 4.05. The highest BCUT2D eigenvalue weighted by Gasteiger charge is 2.35.